The van der Waals surface area contributed by atoms with E-state index in [1.807, 2.05) is 19.1 Å². The van der Waals surface area contributed by atoms with Crippen LogP contribution in [0.1, 0.15) is 29.5 Å². The quantitative estimate of drug-likeness (QED) is 0.839. The van der Waals surface area contributed by atoms with Gasteiger partial charge in [-0.1, -0.05) is 6.92 Å². The van der Waals surface area contributed by atoms with Crippen LogP contribution in [-0.4, -0.2) is 17.7 Å². The van der Waals surface area contributed by atoms with E-state index in [0.29, 0.717) is 18.1 Å². The maximum absolute atomic E-state index is 10.7. The second-order valence-corrected chi connectivity index (χ2v) is 4.22. The van der Waals surface area contributed by atoms with E-state index in [2.05, 4.69) is 0 Å². The van der Waals surface area contributed by atoms with Gasteiger partial charge in [0.05, 0.1) is 12.2 Å². The van der Waals surface area contributed by atoms with Gasteiger partial charge < -0.3 is 19.0 Å². The first kappa shape index (κ1) is 14.0. The van der Waals surface area contributed by atoms with Crippen molar-refractivity contribution in [2.75, 3.05) is 6.61 Å². The molecular weight excluding hydrogens is 260 g/mol. The van der Waals surface area contributed by atoms with Crippen LogP contribution in [0.5, 0.6) is 11.5 Å². The number of rotatable bonds is 7. The molecule has 0 unspecified atom stereocenters. The van der Waals surface area contributed by atoms with Crippen molar-refractivity contribution in [3.8, 4) is 11.5 Å². The summed E-state index contributed by atoms with van der Waals surface area (Å²) >= 11 is 0. The van der Waals surface area contributed by atoms with Crippen LogP contribution in [0.15, 0.2) is 41.0 Å². The van der Waals surface area contributed by atoms with Crippen LogP contribution < -0.4 is 9.47 Å². The number of hydrogen-bond acceptors (Lipinski definition) is 4. The van der Waals surface area contributed by atoms with E-state index in [0.717, 1.165) is 12.2 Å². The highest BCUT2D eigenvalue weighted by atomic mass is 16.5. The van der Waals surface area contributed by atoms with Crippen molar-refractivity contribution in [3.63, 3.8) is 0 Å². The highest BCUT2D eigenvalue weighted by Crippen LogP contribution is 2.19. The number of hydrogen-bond donors (Lipinski definition) is 1. The first-order chi connectivity index (χ1) is 9.69. The lowest BCUT2D eigenvalue weighted by atomic mass is 10.3. The fourth-order valence-electron chi connectivity index (χ4n) is 1.57. The summed E-state index contributed by atoms with van der Waals surface area (Å²) in [4.78, 5) is 10.7. The zero-order chi connectivity index (χ0) is 14.4. The van der Waals surface area contributed by atoms with E-state index in [9.17, 15) is 4.79 Å². The summed E-state index contributed by atoms with van der Waals surface area (Å²) < 4.78 is 16.1. The molecule has 2 rings (SSSR count). The Kier molecular flexibility index (Phi) is 4.65. The SMILES string of the molecule is CCCOc1ccc(OCc2cc(C(=O)O)co2)cc1. The van der Waals surface area contributed by atoms with Gasteiger partial charge in [-0.2, -0.15) is 0 Å². The van der Waals surface area contributed by atoms with E-state index < -0.39 is 5.97 Å². The normalized spacial score (nSPS) is 10.2. The second kappa shape index (κ2) is 6.65. The van der Waals surface area contributed by atoms with Crippen LogP contribution >= 0.6 is 0 Å². The molecular formula is C15H16O5. The van der Waals surface area contributed by atoms with Gasteiger partial charge in [-0.05, 0) is 36.8 Å². The predicted octanol–water partition coefficient (Wildman–Crippen LogP) is 3.35. The number of aromatic carboxylic acids is 1. The Morgan fingerprint density at radius 3 is 2.40 bits per heavy atom. The Bertz CT molecular complexity index is 556. The van der Waals surface area contributed by atoms with E-state index in [-0.39, 0.29) is 12.2 Å². The molecule has 2 aromatic rings. The highest BCUT2D eigenvalue weighted by Gasteiger charge is 2.08. The van der Waals surface area contributed by atoms with E-state index in [4.69, 9.17) is 19.0 Å². The van der Waals surface area contributed by atoms with E-state index in [1.165, 1.54) is 12.3 Å². The van der Waals surface area contributed by atoms with Gasteiger partial charge in [0.25, 0.3) is 0 Å². The highest BCUT2D eigenvalue weighted by molar-refractivity contribution is 5.87. The molecule has 0 atom stereocenters. The Morgan fingerprint density at radius 1 is 1.20 bits per heavy atom. The lowest BCUT2D eigenvalue weighted by Gasteiger charge is -2.07. The standard InChI is InChI=1S/C15H16O5/c1-2-7-18-12-3-5-13(6-4-12)20-10-14-8-11(9-19-14)15(16)17/h3-6,8-9H,2,7,10H2,1H3,(H,16,17). The molecule has 0 saturated heterocycles. The van der Waals surface area contributed by atoms with Gasteiger partial charge in [-0.15, -0.1) is 0 Å². The van der Waals surface area contributed by atoms with E-state index >= 15 is 0 Å². The van der Waals surface area contributed by atoms with Gasteiger partial charge in [0.15, 0.2) is 0 Å². The van der Waals surface area contributed by atoms with Gasteiger partial charge in [0, 0.05) is 0 Å². The van der Waals surface area contributed by atoms with Gasteiger partial charge in [-0.3, -0.25) is 0 Å². The Balaban J connectivity index is 1.88. The molecule has 1 heterocycles. The second-order valence-electron chi connectivity index (χ2n) is 4.22. The van der Waals surface area contributed by atoms with Crippen molar-refractivity contribution >= 4 is 5.97 Å². The maximum atomic E-state index is 10.7. The van der Waals surface area contributed by atoms with Crippen LogP contribution in [0.3, 0.4) is 0 Å². The smallest absolute Gasteiger partial charge is 0.338 e. The minimum atomic E-state index is -1.02. The fraction of sp³-hybridized carbons (Fsp3) is 0.267. The Labute approximate surface area is 116 Å². The lowest BCUT2D eigenvalue weighted by Crippen LogP contribution is -1.96. The molecule has 0 saturated carbocycles. The molecule has 1 aromatic carbocycles. The molecule has 0 bridgehead atoms. The van der Waals surface area contributed by atoms with Crippen LogP contribution in [0.25, 0.3) is 0 Å². The zero-order valence-electron chi connectivity index (χ0n) is 11.2. The molecule has 0 radical (unpaired) electrons. The molecule has 0 aliphatic carbocycles. The molecule has 5 nitrogen and oxygen atoms in total. The zero-order valence-corrected chi connectivity index (χ0v) is 11.2. The largest absolute Gasteiger partial charge is 0.494 e. The molecule has 0 aliphatic heterocycles. The third-order valence-corrected chi connectivity index (χ3v) is 2.58. The molecule has 0 amide bonds. The van der Waals surface area contributed by atoms with Crippen LogP contribution in [0, 0.1) is 0 Å². The number of benzene rings is 1. The third-order valence-electron chi connectivity index (χ3n) is 2.58. The lowest BCUT2D eigenvalue weighted by molar-refractivity contribution is 0.0696. The van der Waals surface area contributed by atoms with Crippen LogP contribution in [0.4, 0.5) is 0 Å². The topological polar surface area (TPSA) is 68.9 Å². The third kappa shape index (κ3) is 3.78. The van der Waals surface area contributed by atoms with Gasteiger partial charge in [0.2, 0.25) is 0 Å². The average Bonchev–Trinajstić information content (AvgIpc) is 2.93. The van der Waals surface area contributed by atoms with Gasteiger partial charge in [-0.25, -0.2) is 4.79 Å². The van der Waals surface area contributed by atoms with Gasteiger partial charge >= 0.3 is 5.97 Å². The van der Waals surface area contributed by atoms with Crippen molar-refractivity contribution in [2.24, 2.45) is 0 Å². The average molecular weight is 276 g/mol. The number of furan rings is 1. The summed E-state index contributed by atoms with van der Waals surface area (Å²) in [6, 6.07) is 8.70. The molecule has 5 heteroatoms. The van der Waals surface area contributed by atoms with E-state index in [1.54, 1.807) is 12.1 Å². The number of carboxylic acids is 1. The molecule has 1 aromatic heterocycles. The monoisotopic (exact) mass is 276 g/mol. The predicted molar refractivity (Wildman–Crippen MR) is 72.2 cm³/mol. The summed E-state index contributed by atoms with van der Waals surface area (Å²) in [6.07, 6.45) is 2.16. The molecule has 1 N–H and O–H groups in total. The van der Waals surface area contributed by atoms with Crippen LogP contribution in [-0.2, 0) is 6.61 Å². The van der Waals surface area contributed by atoms with Crippen LogP contribution in [0.2, 0.25) is 0 Å². The summed E-state index contributed by atoms with van der Waals surface area (Å²) in [5.41, 5.74) is 0.118. The minimum Gasteiger partial charge on any atom is -0.494 e. The molecule has 0 spiro atoms. The van der Waals surface area contributed by atoms with Crippen molar-refractivity contribution in [3.05, 3.63) is 47.9 Å². The number of ether oxygens (including phenoxy) is 2. The maximum Gasteiger partial charge on any atom is 0.338 e. The molecule has 106 valence electrons. The Morgan fingerprint density at radius 2 is 1.85 bits per heavy atom. The van der Waals surface area contributed by atoms with Gasteiger partial charge in [0.1, 0.15) is 30.1 Å². The van der Waals surface area contributed by atoms with Crippen molar-refractivity contribution in [1.82, 2.24) is 0 Å². The molecule has 0 aliphatic rings. The summed E-state index contributed by atoms with van der Waals surface area (Å²) in [5.74, 6) is 0.915. The minimum absolute atomic E-state index is 0.118. The summed E-state index contributed by atoms with van der Waals surface area (Å²) in [6.45, 7) is 2.92. The number of carbonyl (C=O) groups is 1. The van der Waals surface area contributed by atoms with Crippen molar-refractivity contribution in [1.29, 1.82) is 0 Å². The first-order valence-corrected chi connectivity index (χ1v) is 6.35. The Hall–Kier alpha value is -2.43. The molecule has 0 fully saturated rings. The number of carboxylic acid groups (broad SMARTS) is 1. The molecule has 20 heavy (non-hydrogen) atoms. The van der Waals surface area contributed by atoms with Crippen molar-refractivity contribution < 1.29 is 23.8 Å². The summed E-state index contributed by atoms with van der Waals surface area (Å²) in [7, 11) is 0. The summed E-state index contributed by atoms with van der Waals surface area (Å²) in [5, 5.41) is 8.77. The van der Waals surface area contributed by atoms with Crippen molar-refractivity contribution in [2.45, 2.75) is 20.0 Å². The first-order valence-electron chi connectivity index (χ1n) is 6.35. The fourth-order valence-corrected chi connectivity index (χ4v) is 1.57.